The monoisotopic (exact) mass is 492 g/mol. The fourth-order valence-electron chi connectivity index (χ4n) is 5.89. The summed E-state index contributed by atoms with van der Waals surface area (Å²) >= 11 is 0. The Morgan fingerprint density at radius 1 is 0.686 bits per heavy atom. The van der Waals surface area contributed by atoms with Crippen LogP contribution in [0.1, 0.15) is 170 Å². The van der Waals surface area contributed by atoms with E-state index < -0.39 is 11.4 Å². The number of rotatable bonds is 25. The standard InChI is InChI=1S/C33H64O2/c1-7-9-11-12-13-14-15-16-17-18-19-20-21-22-24-29(3)26-30(4)27-31(5)28-33(6,32(34)35)25-23-10-8-2/h14-15,29-31H,7-13,16-28H2,1-6H3,(H,34,35)/b15-14-. The molecule has 0 aromatic rings. The lowest BCUT2D eigenvalue weighted by Gasteiger charge is -2.30. The average Bonchev–Trinajstić information content (AvgIpc) is 2.79. The van der Waals surface area contributed by atoms with Gasteiger partial charge in [0.1, 0.15) is 0 Å². The van der Waals surface area contributed by atoms with E-state index in [2.05, 4.69) is 46.8 Å². The van der Waals surface area contributed by atoms with E-state index in [0.717, 1.165) is 44.4 Å². The second-order valence-electron chi connectivity index (χ2n) is 12.3. The van der Waals surface area contributed by atoms with Crippen LogP contribution in [0.15, 0.2) is 12.2 Å². The summed E-state index contributed by atoms with van der Waals surface area (Å²) < 4.78 is 0. The fraction of sp³-hybridized carbons (Fsp3) is 0.909. The van der Waals surface area contributed by atoms with Gasteiger partial charge in [-0.3, -0.25) is 4.79 Å². The molecule has 0 amide bonds. The smallest absolute Gasteiger partial charge is 0.309 e. The molecule has 4 atom stereocenters. The van der Waals surface area contributed by atoms with Gasteiger partial charge in [0.05, 0.1) is 5.41 Å². The van der Waals surface area contributed by atoms with Gasteiger partial charge in [0, 0.05) is 0 Å². The highest BCUT2D eigenvalue weighted by Crippen LogP contribution is 2.35. The Morgan fingerprint density at radius 2 is 1.17 bits per heavy atom. The van der Waals surface area contributed by atoms with Crippen molar-refractivity contribution in [1.82, 2.24) is 0 Å². The number of aliphatic carboxylic acids is 1. The molecule has 0 fully saturated rings. The Hall–Kier alpha value is -0.790. The first kappa shape index (κ1) is 34.2. The molecule has 0 heterocycles. The van der Waals surface area contributed by atoms with Gasteiger partial charge in [-0.1, -0.05) is 124 Å². The number of hydrogen-bond donors (Lipinski definition) is 1. The number of carbonyl (C=O) groups is 1. The summed E-state index contributed by atoms with van der Waals surface area (Å²) in [6.07, 6.45) is 29.9. The number of carboxylic acid groups (broad SMARTS) is 1. The molecule has 0 spiro atoms. The van der Waals surface area contributed by atoms with Crippen molar-refractivity contribution < 1.29 is 9.90 Å². The highest BCUT2D eigenvalue weighted by molar-refractivity contribution is 5.74. The minimum Gasteiger partial charge on any atom is -0.481 e. The molecule has 1 N–H and O–H groups in total. The minimum atomic E-state index is -0.601. The van der Waals surface area contributed by atoms with E-state index in [1.54, 1.807) is 0 Å². The van der Waals surface area contributed by atoms with Gasteiger partial charge in [0.15, 0.2) is 0 Å². The van der Waals surface area contributed by atoms with Crippen LogP contribution in [0, 0.1) is 23.2 Å². The van der Waals surface area contributed by atoms with Gasteiger partial charge in [0.2, 0.25) is 0 Å². The maximum Gasteiger partial charge on any atom is 0.309 e. The molecule has 35 heavy (non-hydrogen) atoms. The van der Waals surface area contributed by atoms with Crippen LogP contribution >= 0.6 is 0 Å². The molecular weight excluding hydrogens is 428 g/mol. The summed E-state index contributed by atoms with van der Waals surface area (Å²) in [7, 11) is 0. The van der Waals surface area contributed by atoms with E-state index >= 15 is 0 Å². The molecule has 0 aromatic heterocycles. The molecule has 0 aromatic carbocycles. The maximum absolute atomic E-state index is 11.9. The summed E-state index contributed by atoms with van der Waals surface area (Å²) in [6, 6.07) is 0. The number of hydrogen-bond acceptors (Lipinski definition) is 1. The number of allylic oxidation sites excluding steroid dienone is 2. The van der Waals surface area contributed by atoms with Crippen molar-refractivity contribution in [2.45, 2.75) is 170 Å². The van der Waals surface area contributed by atoms with Crippen LogP contribution in [0.25, 0.3) is 0 Å². The van der Waals surface area contributed by atoms with Crippen LogP contribution in [-0.4, -0.2) is 11.1 Å². The highest BCUT2D eigenvalue weighted by Gasteiger charge is 2.34. The molecule has 0 aliphatic heterocycles. The summed E-state index contributed by atoms with van der Waals surface area (Å²) in [5.74, 6) is 1.36. The van der Waals surface area contributed by atoms with Gasteiger partial charge >= 0.3 is 5.97 Å². The van der Waals surface area contributed by atoms with Gasteiger partial charge < -0.3 is 5.11 Å². The van der Waals surface area contributed by atoms with Crippen molar-refractivity contribution in [3.05, 3.63) is 12.2 Å². The van der Waals surface area contributed by atoms with Gasteiger partial charge in [-0.15, -0.1) is 0 Å². The van der Waals surface area contributed by atoms with Crippen molar-refractivity contribution in [2.24, 2.45) is 23.2 Å². The van der Waals surface area contributed by atoms with Crippen LogP contribution in [0.5, 0.6) is 0 Å². The third kappa shape index (κ3) is 20.0. The molecule has 2 nitrogen and oxygen atoms in total. The highest BCUT2D eigenvalue weighted by atomic mass is 16.4. The average molecular weight is 493 g/mol. The van der Waals surface area contributed by atoms with Crippen LogP contribution in [-0.2, 0) is 4.79 Å². The van der Waals surface area contributed by atoms with Gasteiger partial charge in [-0.2, -0.15) is 0 Å². The predicted octanol–water partition coefficient (Wildman–Crippen LogP) is 11.4. The first-order valence-corrected chi connectivity index (χ1v) is 15.6. The second kappa shape index (κ2) is 22.4. The van der Waals surface area contributed by atoms with E-state index in [9.17, 15) is 9.90 Å². The molecule has 0 rings (SSSR count). The normalized spacial score (nSPS) is 16.3. The van der Waals surface area contributed by atoms with Gasteiger partial charge in [-0.05, 0) is 76.0 Å². The summed E-state index contributed by atoms with van der Waals surface area (Å²) in [5.41, 5.74) is -0.551. The molecule has 2 heteroatoms. The predicted molar refractivity (Wildman–Crippen MR) is 156 cm³/mol. The summed E-state index contributed by atoms with van der Waals surface area (Å²) in [6.45, 7) is 13.5. The number of carboxylic acids is 1. The summed E-state index contributed by atoms with van der Waals surface area (Å²) in [5, 5.41) is 9.81. The van der Waals surface area contributed by atoms with Gasteiger partial charge in [-0.25, -0.2) is 0 Å². The van der Waals surface area contributed by atoms with E-state index in [0.29, 0.717) is 11.8 Å². The van der Waals surface area contributed by atoms with Crippen LogP contribution in [0.3, 0.4) is 0 Å². The Labute approximate surface area is 221 Å². The van der Waals surface area contributed by atoms with E-state index in [1.807, 2.05) is 6.92 Å². The lowest BCUT2D eigenvalue weighted by atomic mass is 9.75. The Morgan fingerprint density at radius 3 is 1.74 bits per heavy atom. The minimum absolute atomic E-state index is 0.482. The molecule has 0 saturated heterocycles. The fourth-order valence-corrected chi connectivity index (χ4v) is 5.89. The third-order valence-corrected chi connectivity index (χ3v) is 7.97. The Balaban J connectivity index is 3.84. The zero-order chi connectivity index (χ0) is 26.4. The maximum atomic E-state index is 11.9. The van der Waals surface area contributed by atoms with Gasteiger partial charge in [0.25, 0.3) is 0 Å². The molecule has 4 unspecified atom stereocenters. The zero-order valence-electron chi connectivity index (χ0n) is 24.9. The SMILES string of the molecule is CCCCCC/C=C\CCCCCCCCC(C)CC(C)CC(C)CC(C)(CCCCC)C(=O)O. The molecular formula is C33H64O2. The van der Waals surface area contributed by atoms with Crippen molar-refractivity contribution in [1.29, 1.82) is 0 Å². The van der Waals surface area contributed by atoms with Crippen molar-refractivity contribution in [2.75, 3.05) is 0 Å². The van der Waals surface area contributed by atoms with E-state index in [-0.39, 0.29) is 0 Å². The topological polar surface area (TPSA) is 37.3 Å². The molecule has 0 aliphatic rings. The van der Waals surface area contributed by atoms with E-state index in [1.165, 1.54) is 89.9 Å². The lowest BCUT2D eigenvalue weighted by Crippen LogP contribution is -2.30. The van der Waals surface area contributed by atoms with Crippen LogP contribution in [0.4, 0.5) is 0 Å². The second-order valence-corrected chi connectivity index (χ2v) is 12.3. The zero-order valence-corrected chi connectivity index (χ0v) is 24.9. The van der Waals surface area contributed by atoms with Crippen molar-refractivity contribution in [3.63, 3.8) is 0 Å². The van der Waals surface area contributed by atoms with Crippen LogP contribution < -0.4 is 0 Å². The number of unbranched alkanes of at least 4 members (excludes halogenated alkanes) is 12. The first-order chi connectivity index (χ1) is 16.7. The lowest BCUT2D eigenvalue weighted by molar-refractivity contribution is -0.149. The Kier molecular flexibility index (Phi) is 21.9. The molecule has 208 valence electrons. The largest absolute Gasteiger partial charge is 0.481 e. The quantitative estimate of drug-likeness (QED) is 0.102. The van der Waals surface area contributed by atoms with E-state index in [4.69, 9.17) is 0 Å². The van der Waals surface area contributed by atoms with Crippen molar-refractivity contribution >= 4 is 5.97 Å². The molecule has 0 saturated carbocycles. The Bertz CT molecular complexity index is 511. The third-order valence-electron chi connectivity index (χ3n) is 7.97. The molecule has 0 aliphatic carbocycles. The molecule has 0 radical (unpaired) electrons. The first-order valence-electron chi connectivity index (χ1n) is 15.6. The van der Waals surface area contributed by atoms with Crippen LogP contribution in [0.2, 0.25) is 0 Å². The van der Waals surface area contributed by atoms with Crippen molar-refractivity contribution in [3.8, 4) is 0 Å². The summed E-state index contributed by atoms with van der Waals surface area (Å²) in [4.78, 5) is 11.9. The molecule has 0 bridgehead atoms.